The number of H-pyrrole nitrogens is 1. The van der Waals surface area contributed by atoms with E-state index >= 15 is 0 Å². The first-order valence-electron chi connectivity index (χ1n) is 10.5. The molecule has 4 aromatic rings. The highest BCUT2D eigenvalue weighted by Gasteiger charge is 2.11. The van der Waals surface area contributed by atoms with E-state index < -0.39 is 0 Å². The number of methoxy groups -OCH3 is 1. The second-order valence-electron chi connectivity index (χ2n) is 7.49. The molecule has 1 amide bonds. The first-order valence-corrected chi connectivity index (χ1v) is 11.0. The van der Waals surface area contributed by atoms with Crippen molar-refractivity contribution in [1.29, 1.82) is 0 Å². The molecule has 32 heavy (non-hydrogen) atoms. The molecule has 2 N–H and O–H groups in total. The molecule has 0 aliphatic heterocycles. The summed E-state index contributed by atoms with van der Waals surface area (Å²) in [5.41, 5.74) is 3.02. The Morgan fingerprint density at radius 3 is 2.69 bits per heavy atom. The fraction of sp³-hybridized carbons (Fsp3) is 0.304. The molecule has 4 rings (SSSR count). The number of amides is 1. The van der Waals surface area contributed by atoms with Gasteiger partial charge in [0.25, 0.3) is 0 Å². The summed E-state index contributed by atoms with van der Waals surface area (Å²) in [5, 5.41) is 10.1. The Kier molecular flexibility index (Phi) is 6.65. The summed E-state index contributed by atoms with van der Waals surface area (Å²) in [6.45, 7) is 3.87. The van der Waals surface area contributed by atoms with Crippen LogP contribution in [0.5, 0.6) is 5.75 Å². The first kappa shape index (κ1) is 21.8. The van der Waals surface area contributed by atoms with Gasteiger partial charge in [0.2, 0.25) is 5.91 Å². The number of aromatic amines is 1. The van der Waals surface area contributed by atoms with Gasteiger partial charge in [0.15, 0.2) is 10.6 Å². The highest BCUT2D eigenvalue weighted by molar-refractivity contribution is 7.71. The number of nitrogens with one attached hydrogen (secondary N) is 2. The molecule has 0 aliphatic rings. The first-order chi connectivity index (χ1) is 15.6. The molecule has 0 saturated heterocycles. The predicted molar refractivity (Wildman–Crippen MR) is 126 cm³/mol. The number of carbonyl (C=O) groups is 1. The van der Waals surface area contributed by atoms with E-state index in [-0.39, 0.29) is 5.91 Å². The van der Waals surface area contributed by atoms with Gasteiger partial charge >= 0.3 is 0 Å². The van der Waals surface area contributed by atoms with Gasteiger partial charge in [0, 0.05) is 31.6 Å². The fourth-order valence-corrected chi connectivity index (χ4v) is 3.95. The van der Waals surface area contributed by atoms with Crippen molar-refractivity contribution in [2.45, 2.75) is 32.9 Å². The lowest BCUT2D eigenvalue weighted by Crippen LogP contribution is -2.26. The molecule has 2 heterocycles. The van der Waals surface area contributed by atoms with E-state index in [1.807, 2.05) is 54.0 Å². The summed E-state index contributed by atoms with van der Waals surface area (Å²) in [6.07, 6.45) is 1.15. The monoisotopic (exact) mass is 450 g/mol. The van der Waals surface area contributed by atoms with Crippen LogP contribution in [0, 0.1) is 11.7 Å². The van der Waals surface area contributed by atoms with Crippen LogP contribution in [0.1, 0.15) is 18.7 Å². The summed E-state index contributed by atoms with van der Waals surface area (Å²) in [5.74, 6) is 2.44. The van der Waals surface area contributed by atoms with E-state index in [1.165, 1.54) is 0 Å². The predicted octanol–water partition coefficient (Wildman–Crippen LogP) is 3.87. The van der Waals surface area contributed by atoms with Crippen molar-refractivity contribution in [3.8, 4) is 17.1 Å². The summed E-state index contributed by atoms with van der Waals surface area (Å²) in [7, 11) is 1.63. The number of carbonyl (C=O) groups excluding carboxylic acids is 1. The number of para-hydroxylation sites is 2. The van der Waals surface area contributed by atoms with Gasteiger partial charge in [-0.1, -0.05) is 12.1 Å². The van der Waals surface area contributed by atoms with Gasteiger partial charge in [-0.3, -0.25) is 14.5 Å². The number of benzene rings is 2. The van der Waals surface area contributed by atoms with Gasteiger partial charge < -0.3 is 14.6 Å². The number of ether oxygens (including phenoxy) is 1. The average Bonchev–Trinajstić information content (AvgIpc) is 3.34. The number of aryl methyl sites for hydroxylation is 2. The van der Waals surface area contributed by atoms with Crippen molar-refractivity contribution in [3.63, 3.8) is 0 Å². The molecular formula is C23H26N6O2S. The van der Waals surface area contributed by atoms with E-state index in [2.05, 4.69) is 31.1 Å². The summed E-state index contributed by atoms with van der Waals surface area (Å²) >= 11 is 5.36. The Labute approximate surface area is 191 Å². The maximum Gasteiger partial charge on any atom is 0.221 e. The van der Waals surface area contributed by atoms with Crippen LogP contribution in [0.4, 0.5) is 0 Å². The van der Waals surface area contributed by atoms with Gasteiger partial charge in [-0.15, -0.1) is 0 Å². The van der Waals surface area contributed by atoms with E-state index in [1.54, 1.807) is 7.11 Å². The number of rotatable bonds is 9. The maximum absolute atomic E-state index is 12.4. The molecule has 2 aromatic heterocycles. The normalized spacial score (nSPS) is 11.1. The van der Waals surface area contributed by atoms with E-state index in [4.69, 9.17) is 17.0 Å². The number of imidazole rings is 1. The second-order valence-corrected chi connectivity index (χ2v) is 7.87. The molecular weight excluding hydrogens is 424 g/mol. The van der Waals surface area contributed by atoms with Crippen molar-refractivity contribution < 1.29 is 9.53 Å². The lowest BCUT2D eigenvalue weighted by atomic mass is 10.2. The summed E-state index contributed by atoms with van der Waals surface area (Å²) < 4.78 is 9.73. The van der Waals surface area contributed by atoms with E-state index in [0.717, 1.165) is 41.1 Å². The molecule has 0 radical (unpaired) electrons. The van der Waals surface area contributed by atoms with Crippen molar-refractivity contribution >= 4 is 29.2 Å². The third-order valence-electron chi connectivity index (χ3n) is 5.40. The van der Waals surface area contributed by atoms with Gasteiger partial charge in [0.1, 0.15) is 11.6 Å². The molecule has 0 saturated carbocycles. The van der Waals surface area contributed by atoms with Crippen LogP contribution >= 0.6 is 12.2 Å². The van der Waals surface area contributed by atoms with Crippen molar-refractivity contribution in [2.24, 2.45) is 0 Å². The molecule has 0 unspecified atom stereocenters. The van der Waals surface area contributed by atoms with Gasteiger partial charge in [-0.05, 0) is 62.0 Å². The molecule has 9 heteroatoms. The minimum Gasteiger partial charge on any atom is -0.497 e. The van der Waals surface area contributed by atoms with Crippen molar-refractivity contribution in [1.82, 2.24) is 29.6 Å². The Morgan fingerprint density at radius 1 is 1.12 bits per heavy atom. The largest absolute Gasteiger partial charge is 0.497 e. The zero-order valence-electron chi connectivity index (χ0n) is 18.2. The van der Waals surface area contributed by atoms with Gasteiger partial charge in [-0.25, -0.2) is 4.98 Å². The number of hydrogen-bond acceptors (Lipinski definition) is 5. The maximum atomic E-state index is 12.4. The van der Waals surface area contributed by atoms with Crippen LogP contribution in [0.15, 0.2) is 48.5 Å². The zero-order chi connectivity index (χ0) is 22.5. The molecule has 166 valence electrons. The molecule has 0 spiro atoms. The Hall–Kier alpha value is -3.46. The number of fused-ring (bicyclic) bond motifs is 1. The number of aromatic nitrogens is 5. The average molecular weight is 451 g/mol. The summed E-state index contributed by atoms with van der Waals surface area (Å²) in [6, 6.07) is 15.7. The Bertz CT molecular complexity index is 1270. The highest BCUT2D eigenvalue weighted by Crippen LogP contribution is 2.21. The van der Waals surface area contributed by atoms with Crippen LogP contribution in [-0.4, -0.2) is 43.9 Å². The highest BCUT2D eigenvalue weighted by atomic mass is 32.1. The molecule has 0 aliphatic carbocycles. The van der Waals surface area contributed by atoms with Crippen molar-refractivity contribution in [2.75, 3.05) is 13.7 Å². The van der Waals surface area contributed by atoms with Gasteiger partial charge in [0.05, 0.1) is 18.1 Å². The smallest absolute Gasteiger partial charge is 0.221 e. The Morgan fingerprint density at radius 2 is 1.91 bits per heavy atom. The van der Waals surface area contributed by atoms with Gasteiger partial charge in [-0.2, -0.15) is 5.10 Å². The number of hydrogen-bond donors (Lipinski definition) is 2. The third-order valence-corrected chi connectivity index (χ3v) is 5.71. The van der Waals surface area contributed by atoms with Crippen LogP contribution < -0.4 is 10.1 Å². The molecule has 8 nitrogen and oxygen atoms in total. The van der Waals surface area contributed by atoms with E-state index in [9.17, 15) is 4.79 Å². The summed E-state index contributed by atoms with van der Waals surface area (Å²) in [4.78, 5) is 17.0. The molecule has 0 bridgehead atoms. The quantitative estimate of drug-likeness (QED) is 0.298. The van der Waals surface area contributed by atoms with Crippen LogP contribution in [-0.2, 0) is 17.9 Å². The second kappa shape index (κ2) is 9.78. The molecule has 0 atom stereocenters. The lowest BCUT2D eigenvalue weighted by Gasteiger charge is -2.10. The zero-order valence-corrected chi connectivity index (χ0v) is 19.0. The SMILES string of the molecule is COc1ccc(-c2n[nH]c(=S)n2CCC(=O)NCCCn2c(C)nc3ccccc32)cc1. The van der Waals surface area contributed by atoms with Crippen LogP contribution in [0.3, 0.4) is 0 Å². The Balaban J connectivity index is 1.29. The molecule has 2 aromatic carbocycles. The fourth-order valence-electron chi connectivity index (χ4n) is 3.73. The minimum atomic E-state index is -0.0130. The van der Waals surface area contributed by atoms with Crippen LogP contribution in [0.25, 0.3) is 22.4 Å². The third kappa shape index (κ3) is 4.72. The van der Waals surface area contributed by atoms with Crippen LogP contribution in [0.2, 0.25) is 0 Å². The lowest BCUT2D eigenvalue weighted by molar-refractivity contribution is -0.121. The molecule has 0 fully saturated rings. The topological polar surface area (TPSA) is 89.8 Å². The van der Waals surface area contributed by atoms with Crippen molar-refractivity contribution in [3.05, 3.63) is 59.1 Å². The standard InChI is InChI=1S/C23H26N6O2S/c1-16-25-19-6-3-4-7-20(19)28(16)14-5-13-24-21(30)12-15-29-22(26-27-23(29)32)17-8-10-18(31-2)11-9-17/h3-4,6-11H,5,12-15H2,1-2H3,(H,24,30)(H,27,32). The number of nitrogens with zero attached hydrogens (tertiary/aromatic N) is 4. The minimum absolute atomic E-state index is 0.0130. The van der Waals surface area contributed by atoms with E-state index in [0.29, 0.717) is 30.1 Å².